The standard InChI is InChI=1S/C11H13NO4/c1-7(13)6-9(14)8-4-5-10(15-2)12-11(8)16-3/h4-5H,6H2,1-3H3. The van der Waals surface area contributed by atoms with Crippen molar-refractivity contribution in [1.82, 2.24) is 4.98 Å². The first-order valence-electron chi connectivity index (χ1n) is 4.70. The third-order valence-corrected chi connectivity index (χ3v) is 1.95. The molecule has 0 saturated carbocycles. The van der Waals surface area contributed by atoms with Crippen molar-refractivity contribution < 1.29 is 19.1 Å². The fourth-order valence-electron chi connectivity index (χ4n) is 1.23. The van der Waals surface area contributed by atoms with Gasteiger partial charge in [-0.05, 0) is 13.0 Å². The second kappa shape index (κ2) is 5.25. The first kappa shape index (κ1) is 12.2. The number of pyridine rings is 1. The SMILES string of the molecule is COc1ccc(C(=O)CC(C)=O)c(OC)n1. The number of hydrogen-bond acceptors (Lipinski definition) is 5. The molecule has 0 aromatic carbocycles. The summed E-state index contributed by atoms with van der Waals surface area (Å²) in [6.45, 7) is 1.36. The van der Waals surface area contributed by atoms with Crippen molar-refractivity contribution in [2.24, 2.45) is 0 Å². The van der Waals surface area contributed by atoms with E-state index in [-0.39, 0.29) is 23.9 Å². The zero-order chi connectivity index (χ0) is 12.1. The highest BCUT2D eigenvalue weighted by molar-refractivity contribution is 6.08. The first-order chi connectivity index (χ1) is 7.58. The summed E-state index contributed by atoms with van der Waals surface area (Å²) in [6, 6.07) is 3.09. The maximum Gasteiger partial charge on any atom is 0.227 e. The van der Waals surface area contributed by atoms with E-state index in [1.54, 1.807) is 6.07 Å². The van der Waals surface area contributed by atoms with Crippen molar-refractivity contribution in [3.05, 3.63) is 17.7 Å². The molecule has 0 N–H and O–H groups in total. The Labute approximate surface area is 93.4 Å². The van der Waals surface area contributed by atoms with E-state index in [1.165, 1.54) is 27.2 Å². The molecule has 0 radical (unpaired) electrons. The van der Waals surface area contributed by atoms with E-state index >= 15 is 0 Å². The Kier molecular flexibility index (Phi) is 3.99. The Morgan fingerprint density at radius 2 is 1.94 bits per heavy atom. The van der Waals surface area contributed by atoms with Gasteiger partial charge in [-0.2, -0.15) is 4.98 Å². The monoisotopic (exact) mass is 223 g/mol. The van der Waals surface area contributed by atoms with E-state index in [4.69, 9.17) is 9.47 Å². The molecular weight excluding hydrogens is 210 g/mol. The Hall–Kier alpha value is -1.91. The number of carbonyl (C=O) groups is 2. The molecule has 5 nitrogen and oxygen atoms in total. The van der Waals surface area contributed by atoms with Crippen molar-refractivity contribution in [2.75, 3.05) is 14.2 Å². The molecule has 0 aliphatic rings. The minimum Gasteiger partial charge on any atom is -0.481 e. The van der Waals surface area contributed by atoms with Gasteiger partial charge in [-0.1, -0.05) is 0 Å². The maximum absolute atomic E-state index is 11.7. The van der Waals surface area contributed by atoms with Gasteiger partial charge in [0.2, 0.25) is 11.8 Å². The number of Topliss-reactive ketones (excluding diaryl/α,β-unsaturated/α-hetero) is 2. The normalized spacial score (nSPS) is 9.69. The molecule has 0 atom stereocenters. The molecule has 0 aliphatic heterocycles. The van der Waals surface area contributed by atoms with Gasteiger partial charge in [-0.15, -0.1) is 0 Å². The lowest BCUT2D eigenvalue weighted by Crippen LogP contribution is -2.08. The van der Waals surface area contributed by atoms with Gasteiger partial charge in [0.05, 0.1) is 26.2 Å². The van der Waals surface area contributed by atoms with Crippen LogP contribution in [0.1, 0.15) is 23.7 Å². The highest BCUT2D eigenvalue weighted by Crippen LogP contribution is 2.21. The van der Waals surface area contributed by atoms with Gasteiger partial charge in [-0.25, -0.2) is 0 Å². The molecule has 0 bridgehead atoms. The maximum atomic E-state index is 11.7. The van der Waals surface area contributed by atoms with E-state index in [0.29, 0.717) is 11.4 Å². The van der Waals surface area contributed by atoms with Crippen LogP contribution < -0.4 is 9.47 Å². The molecule has 1 aromatic rings. The second-order valence-electron chi connectivity index (χ2n) is 3.21. The smallest absolute Gasteiger partial charge is 0.227 e. The van der Waals surface area contributed by atoms with Gasteiger partial charge in [0.25, 0.3) is 0 Å². The molecule has 1 rings (SSSR count). The average molecular weight is 223 g/mol. The number of nitrogens with zero attached hydrogens (tertiary/aromatic N) is 1. The summed E-state index contributed by atoms with van der Waals surface area (Å²) in [7, 11) is 2.88. The van der Waals surface area contributed by atoms with Crippen LogP contribution in [0.2, 0.25) is 0 Å². The number of ketones is 2. The lowest BCUT2D eigenvalue weighted by Gasteiger charge is -2.07. The van der Waals surface area contributed by atoms with E-state index in [9.17, 15) is 9.59 Å². The highest BCUT2D eigenvalue weighted by Gasteiger charge is 2.15. The third kappa shape index (κ3) is 2.79. The third-order valence-electron chi connectivity index (χ3n) is 1.95. The van der Waals surface area contributed by atoms with Crippen LogP contribution in [-0.4, -0.2) is 30.8 Å². The molecule has 0 amide bonds. The van der Waals surface area contributed by atoms with Crippen LogP contribution >= 0.6 is 0 Å². The van der Waals surface area contributed by atoms with Crippen LogP contribution in [0.3, 0.4) is 0 Å². The largest absolute Gasteiger partial charge is 0.481 e. The topological polar surface area (TPSA) is 65.5 Å². The molecular formula is C11H13NO4. The molecule has 0 unspecified atom stereocenters. The van der Waals surface area contributed by atoms with Crippen LogP contribution in [0.25, 0.3) is 0 Å². The Bertz CT molecular complexity index is 414. The summed E-state index contributed by atoms with van der Waals surface area (Å²) < 4.78 is 9.87. The number of methoxy groups -OCH3 is 2. The molecule has 0 fully saturated rings. The van der Waals surface area contributed by atoms with Crippen LogP contribution in [-0.2, 0) is 4.79 Å². The van der Waals surface area contributed by atoms with Crippen molar-refractivity contribution in [2.45, 2.75) is 13.3 Å². The summed E-state index contributed by atoms with van der Waals surface area (Å²) in [5.41, 5.74) is 0.290. The summed E-state index contributed by atoms with van der Waals surface area (Å²) in [5, 5.41) is 0. The molecule has 1 aromatic heterocycles. The Balaban J connectivity index is 3.03. The van der Waals surface area contributed by atoms with Crippen molar-refractivity contribution in [3.63, 3.8) is 0 Å². The van der Waals surface area contributed by atoms with Crippen LogP contribution in [0.15, 0.2) is 12.1 Å². The van der Waals surface area contributed by atoms with Gasteiger partial charge in [0, 0.05) is 6.07 Å². The zero-order valence-corrected chi connectivity index (χ0v) is 9.44. The summed E-state index contributed by atoms with van der Waals surface area (Å²) in [6.07, 6.45) is -0.148. The quantitative estimate of drug-likeness (QED) is 0.555. The summed E-state index contributed by atoms with van der Waals surface area (Å²) >= 11 is 0. The van der Waals surface area contributed by atoms with Gasteiger partial charge in [-0.3, -0.25) is 9.59 Å². The first-order valence-corrected chi connectivity index (χ1v) is 4.70. The molecule has 5 heteroatoms. The minimum absolute atomic E-state index is 0.148. The lowest BCUT2D eigenvalue weighted by molar-refractivity contribution is -0.116. The lowest BCUT2D eigenvalue weighted by atomic mass is 10.1. The predicted octanol–water partition coefficient (Wildman–Crippen LogP) is 1.26. The van der Waals surface area contributed by atoms with Crippen molar-refractivity contribution in [1.29, 1.82) is 0 Å². The summed E-state index contributed by atoms with van der Waals surface area (Å²) in [5.74, 6) is 0.0317. The van der Waals surface area contributed by atoms with Crippen LogP contribution in [0.5, 0.6) is 11.8 Å². The Morgan fingerprint density at radius 3 is 2.44 bits per heavy atom. The fraction of sp³-hybridized carbons (Fsp3) is 0.364. The molecule has 0 spiro atoms. The molecule has 86 valence electrons. The van der Waals surface area contributed by atoms with E-state index in [2.05, 4.69) is 4.98 Å². The number of aromatic nitrogens is 1. The second-order valence-corrected chi connectivity index (χ2v) is 3.21. The average Bonchev–Trinajstić information content (AvgIpc) is 2.27. The zero-order valence-electron chi connectivity index (χ0n) is 9.44. The van der Waals surface area contributed by atoms with E-state index < -0.39 is 0 Å². The molecule has 16 heavy (non-hydrogen) atoms. The molecule has 0 saturated heterocycles. The van der Waals surface area contributed by atoms with E-state index in [0.717, 1.165) is 0 Å². The van der Waals surface area contributed by atoms with Crippen molar-refractivity contribution >= 4 is 11.6 Å². The van der Waals surface area contributed by atoms with Gasteiger partial charge >= 0.3 is 0 Å². The predicted molar refractivity (Wildman–Crippen MR) is 57.0 cm³/mol. The molecule has 1 heterocycles. The number of carbonyl (C=O) groups excluding carboxylic acids is 2. The highest BCUT2D eigenvalue weighted by atomic mass is 16.5. The van der Waals surface area contributed by atoms with Crippen molar-refractivity contribution in [3.8, 4) is 11.8 Å². The van der Waals surface area contributed by atoms with Crippen LogP contribution in [0.4, 0.5) is 0 Å². The van der Waals surface area contributed by atoms with Gasteiger partial charge in [0.15, 0.2) is 5.78 Å². The number of rotatable bonds is 5. The van der Waals surface area contributed by atoms with Gasteiger partial charge in [0.1, 0.15) is 5.78 Å². The van der Waals surface area contributed by atoms with E-state index in [1.807, 2.05) is 0 Å². The number of hydrogen-bond donors (Lipinski definition) is 0. The number of ether oxygens (including phenoxy) is 2. The molecule has 0 aliphatic carbocycles. The Morgan fingerprint density at radius 1 is 1.25 bits per heavy atom. The fourth-order valence-corrected chi connectivity index (χ4v) is 1.23. The van der Waals surface area contributed by atoms with Gasteiger partial charge < -0.3 is 9.47 Å². The van der Waals surface area contributed by atoms with Crippen LogP contribution in [0, 0.1) is 0 Å². The summed E-state index contributed by atoms with van der Waals surface area (Å²) in [4.78, 5) is 26.5. The minimum atomic E-state index is -0.306.